The van der Waals surface area contributed by atoms with E-state index in [2.05, 4.69) is 278 Å². The maximum atomic E-state index is 6.20. The number of nitrogens with zero attached hydrogens (tertiary/aromatic N) is 1. The molecule has 2 heteroatoms. The van der Waals surface area contributed by atoms with Crippen LogP contribution in [0.4, 0.5) is 17.1 Å². The van der Waals surface area contributed by atoms with Gasteiger partial charge in [-0.05, 0) is 149 Å². The van der Waals surface area contributed by atoms with Gasteiger partial charge in [-0.2, -0.15) is 0 Å². The molecule has 12 aromatic carbocycles. The van der Waals surface area contributed by atoms with Gasteiger partial charge in [-0.3, -0.25) is 0 Å². The minimum atomic E-state index is -0.484. The van der Waals surface area contributed by atoms with Gasteiger partial charge in [0.2, 0.25) is 0 Å². The van der Waals surface area contributed by atoms with E-state index in [1.807, 2.05) is 12.1 Å². The standard InChI is InChI=1S/C71H47NO/c1-4-16-48(17-5-1)49-30-32-50(33-31-49)52-34-35-54-45-61(42-38-53(54)44-52)72(59-40-36-51(37-41-59)55-39-43-69-65(47-55)63-24-11-13-29-68(63)73-69)60-23-14-18-56(46-60)62-26-15-28-67-70(62)64-25-10-12-27-66(64)71(67,57-19-6-2-7-20-57)58-21-8-3-9-22-58/h1-47H. The number of hydrogen-bond acceptors (Lipinski definition) is 2. The second kappa shape index (κ2) is 17.4. The van der Waals surface area contributed by atoms with Crippen LogP contribution >= 0.6 is 0 Å². The van der Waals surface area contributed by atoms with Crippen molar-refractivity contribution in [1.29, 1.82) is 0 Å². The Morgan fingerprint density at radius 3 is 1.53 bits per heavy atom. The summed E-state index contributed by atoms with van der Waals surface area (Å²) in [6.45, 7) is 0. The highest BCUT2D eigenvalue weighted by Gasteiger charge is 2.46. The molecule has 1 aliphatic rings. The van der Waals surface area contributed by atoms with E-state index >= 15 is 0 Å². The largest absolute Gasteiger partial charge is 0.456 e. The fourth-order valence-corrected chi connectivity index (χ4v) is 11.7. The SMILES string of the molecule is c1ccc(-c2ccc(-c3ccc4cc(N(c5ccc(-c6ccc7oc8ccccc8c7c6)cc5)c5cccc(-c6cccc7c6-c6ccccc6C7(c6ccccc6)c6ccccc6)c5)ccc4c3)cc2)cc1. The van der Waals surface area contributed by atoms with Gasteiger partial charge >= 0.3 is 0 Å². The van der Waals surface area contributed by atoms with Crippen LogP contribution in [0.25, 0.3) is 88.3 Å². The molecule has 0 saturated heterocycles. The Labute approximate surface area is 425 Å². The van der Waals surface area contributed by atoms with Crippen LogP contribution in [0.1, 0.15) is 22.3 Å². The van der Waals surface area contributed by atoms with Crippen molar-refractivity contribution in [3.63, 3.8) is 0 Å². The molecule has 342 valence electrons. The third-order valence-electron chi connectivity index (χ3n) is 15.1. The lowest BCUT2D eigenvalue weighted by Gasteiger charge is -2.34. The first-order valence-corrected chi connectivity index (χ1v) is 25.1. The summed E-state index contributed by atoms with van der Waals surface area (Å²) in [6, 6.07) is 104. The molecule has 13 aromatic rings. The van der Waals surface area contributed by atoms with Gasteiger partial charge in [-0.25, -0.2) is 0 Å². The Morgan fingerprint density at radius 1 is 0.274 bits per heavy atom. The van der Waals surface area contributed by atoms with Crippen LogP contribution in [0.5, 0.6) is 0 Å². The smallest absolute Gasteiger partial charge is 0.135 e. The lowest BCUT2D eigenvalue weighted by molar-refractivity contribution is 0.669. The molecule has 0 spiro atoms. The lowest BCUT2D eigenvalue weighted by Crippen LogP contribution is -2.28. The average molecular weight is 930 g/mol. The highest BCUT2D eigenvalue weighted by atomic mass is 16.3. The van der Waals surface area contributed by atoms with E-state index in [0.29, 0.717) is 0 Å². The first-order valence-electron chi connectivity index (χ1n) is 25.1. The van der Waals surface area contributed by atoms with Gasteiger partial charge in [0.15, 0.2) is 0 Å². The molecule has 73 heavy (non-hydrogen) atoms. The summed E-state index contributed by atoms with van der Waals surface area (Å²) in [4.78, 5) is 2.41. The van der Waals surface area contributed by atoms with Crippen LogP contribution in [-0.4, -0.2) is 0 Å². The molecule has 1 aliphatic carbocycles. The van der Waals surface area contributed by atoms with E-state index in [1.165, 1.54) is 72.0 Å². The molecule has 0 aliphatic heterocycles. The van der Waals surface area contributed by atoms with E-state index in [9.17, 15) is 0 Å². The quantitative estimate of drug-likeness (QED) is 0.143. The third kappa shape index (κ3) is 7.10. The number of anilines is 3. The summed E-state index contributed by atoms with van der Waals surface area (Å²) < 4.78 is 6.20. The Bertz CT molecular complexity index is 4130. The maximum absolute atomic E-state index is 6.20. The second-order valence-corrected chi connectivity index (χ2v) is 19.2. The number of fused-ring (bicyclic) bond motifs is 7. The summed E-state index contributed by atoms with van der Waals surface area (Å²) >= 11 is 0. The van der Waals surface area contributed by atoms with Gasteiger partial charge in [-0.15, -0.1) is 0 Å². The maximum Gasteiger partial charge on any atom is 0.135 e. The molecule has 1 aromatic heterocycles. The Morgan fingerprint density at radius 2 is 0.767 bits per heavy atom. The van der Waals surface area contributed by atoms with Gasteiger partial charge in [0, 0.05) is 27.8 Å². The van der Waals surface area contributed by atoms with Crippen LogP contribution in [0.3, 0.4) is 0 Å². The van der Waals surface area contributed by atoms with Crippen molar-refractivity contribution in [3.8, 4) is 55.6 Å². The van der Waals surface area contributed by atoms with Crippen molar-refractivity contribution in [3.05, 3.63) is 307 Å². The zero-order valence-electron chi connectivity index (χ0n) is 40.0. The number of benzene rings is 12. The van der Waals surface area contributed by atoms with E-state index in [-0.39, 0.29) is 0 Å². The van der Waals surface area contributed by atoms with Gasteiger partial charge in [0.05, 0.1) is 5.41 Å². The zero-order chi connectivity index (χ0) is 48.3. The zero-order valence-corrected chi connectivity index (χ0v) is 40.0. The minimum absolute atomic E-state index is 0.484. The van der Waals surface area contributed by atoms with Gasteiger partial charge in [-0.1, -0.05) is 224 Å². The fraction of sp³-hybridized carbons (Fsp3) is 0.0141. The topological polar surface area (TPSA) is 16.4 Å². The third-order valence-corrected chi connectivity index (χ3v) is 15.1. The molecule has 0 N–H and O–H groups in total. The monoisotopic (exact) mass is 929 g/mol. The molecule has 0 atom stereocenters. The predicted molar refractivity (Wildman–Crippen MR) is 305 cm³/mol. The van der Waals surface area contributed by atoms with Crippen LogP contribution in [-0.2, 0) is 5.41 Å². The van der Waals surface area contributed by atoms with E-state index in [4.69, 9.17) is 4.42 Å². The van der Waals surface area contributed by atoms with Crippen molar-refractivity contribution >= 4 is 49.8 Å². The summed E-state index contributed by atoms with van der Waals surface area (Å²) in [6.07, 6.45) is 0. The van der Waals surface area contributed by atoms with Gasteiger partial charge < -0.3 is 9.32 Å². The molecule has 0 amide bonds. The Hall–Kier alpha value is -9.50. The Kier molecular flexibility index (Phi) is 10.1. The molecular weight excluding hydrogens is 883 g/mol. The van der Waals surface area contributed by atoms with Crippen LogP contribution in [0.2, 0.25) is 0 Å². The molecule has 14 rings (SSSR count). The summed E-state index contributed by atoms with van der Waals surface area (Å²) in [5.74, 6) is 0. The number of para-hydroxylation sites is 1. The molecule has 2 nitrogen and oxygen atoms in total. The molecule has 0 radical (unpaired) electrons. The van der Waals surface area contributed by atoms with Gasteiger partial charge in [0.25, 0.3) is 0 Å². The van der Waals surface area contributed by atoms with E-state index in [1.54, 1.807) is 0 Å². The molecule has 0 bridgehead atoms. The van der Waals surface area contributed by atoms with Crippen molar-refractivity contribution in [2.45, 2.75) is 5.41 Å². The summed E-state index contributed by atoms with van der Waals surface area (Å²) in [5, 5.41) is 4.62. The lowest BCUT2D eigenvalue weighted by atomic mass is 9.67. The number of hydrogen-bond donors (Lipinski definition) is 0. The van der Waals surface area contributed by atoms with E-state index < -0.39 is 5.41 Å². The number of rotatable bonds is 9. The van der Waals surface area contributed by atoms with Crippen LogP contribution in [0.15, 0.2) is 290 Å². The molecular formula is C71H47NO. The Balaban J connectivity index is 0.894. The molecule has 1 heterocycles. The average Bonchev–Trinajstić information content (AvgIpc) is 4.00. The van der Waals surface area contributed by atoms with Crippen molar-refractivity contribution in [1.82, 2.24) is 0 Å². The van der Waals surface area contributed by atoms with Crippen molar-refractivity contribution < 1.29 is 4.42 Å². The molecule has 0 saturated carbocycles. The molecule has 0 fully saturated rings. The summed E-state index contributed by atoms with van der Waals surface area (Å²) in [7, 11) is 0. The summed E-state index contributed by atoms with van der Waals surface area (Å²) in [5.41, 5.74) is 21.7. The first kappa shape index (κ1) is 42.4. The van der Waals surface area contributed by atoms with Gasteiger partial charge in [0.1, 0.15) is 11.2 Å². The highest BCUT2D eigenvalue weighted by molar-refractivity contribution is 6.06. The predicted octanol–water partition coefficient (Wildman–Crippen LogP) is 19.2. The fourth-order valence-electron chi connectivity index (χ4n) is 11.7. The first-order chi connectivity index (χ1) is 36.2. The normalized spacial score (nSPS) is 12.5. The second-order valence-electron chi connectivity index (χ2n) is 19.2. The number of furan rings is 1. The van der Waals surface area contributed by atoms with E-state index in [0.717, 1.165) is 55.7 Å². The highest BCUT2D eigenvalue weighted by Crippen LogP contribution is 2.58. The van der Waals surface area contributed by atoms with Crippen LogP contribution < -0.4 is 4.90 Å². The van der Waals surface area contributed by atoms with Crippen molar-refractivity contribution in [2.75, 3.05) is 4.90 Å². The minimum Gasteiger partial charge on any atom is -0.456 e. The van der Waals surface area contributed by atoms with Crippen molar-refractivity contribution in [2.24, 2.45) is 0 Å². The van der Waals surface area contributed by atoms with Crippen LogP contribution in [0, 0.1) is 0 Å². The molecule has 0 unspecified atom stereocenters.